The Kier molecular flexibility index (Phi) is 11.7. The summed E-state index contributed by atoms with van der Waals surface area (Å²) in [5.74, 6) is -0.910. The summed E-state index contributed by atoms with van der Waals surface area (Å²) in [6.45, 7) is 2.98. The van der Waals surface area contributed by atoms with E-state index in [4.69, 9.17) is 15.7 Å². The Morgan fingerprint density at radius 3 is 2.58 bits per heavy atom. The van der Waals surface area contributed by atoms with E-state index in [0.717, 1.165) is 0 Å². The van der Waals surface area contributed by atoms with Crippen LogP contribution < -0.4 is 5.73 Å². The summed E-state index contributed by atoms with van der Waals surface area (Å²) < 4.78 is 0. The van der Waals surface area contributed by atoms with Crippen LogP contribution in [0.4, 0.5) is 0 Å². The summed E-state index contributed by atoms with van der Waals surface area (Å²) in [6.07, 6.45) is 0. The zero-order valence-corrected chi connectivity index (χ0v) is 6.62. The molecule has 0 heterocycles. The second-order valence-corrected chi connectivity index (χ2v) is 1.96. The molecule has 0 fully saturated rings. The van der Waals surface area contributed by atoms with Gasteiger partial charge in [0.1, 0.15) is 6.54 Å². The van der Waals surface area contributed by atoms with Gasteiger partial charge in [-0.05, 0) is 6.92 Å². The van der Waals surface area contributed by atoms with Crippen LogP contribution in [0, 0.1) is 0 Å². The van der Waals surface area contributed by atoms with Crippen molar-refractivity contribution in [2.75, 3.05) is 26.2 Å². The van der Waals surface area contributed by atoms with Crippen molar-refractivity contribution >= 4 is 35.5 Å². The molecule has 0 rings (SSSR count). The Morgan fingerprint density at radius 1 is 1.67 bits per heavy atom. The van der Waals surface area contributed by atoms with Gasteiger partial charge >= 0.3 is 35.5 Å². The van der Waals surface area contributed by atoms with E-state index in [1.54, 1.807) is 6.92 Å². The predicted molar refractivity (Wildman–Crippen MR) is 47.0 cm³/mol. The van der Waals surface area contributed by atoms with Crippen LogP contribution in [0.1, 0.15) is 6.92 Å². The minimum atomic E-state index is -0.910. The summed E-state index contributed by atoms with van der Waals surface area (Å²) in [7, 11) is 0. The molecule has 3 N–H and O–H groups in total. The van der Waals surface area contributed by atoms with Crippen molar-refractivity contribution < 1.29 is 14.7 Å². The van der Waals surface area contributed by atoms with E-state index < -0.39 is 5.97 Å². The fourth-order valence-corrected chi connectivity index (χ4v) is 0.667. The molecule has 0 spiro atoms. The van der Waals surface area contributed by atoms with Crippen LogP contribution in [0.2, 0.25) is 0 Å². The minimum absolute atomic E-state index is 0. The van der Waals surface area contributed by atoms with E-state index in [0.29, 0.717) is 19.7 Å². The van der Waals surface area contributed by atoms with Gasteiger partial charge in [-0.2, -0.15) is 5.06 Å². The number of hydroxylamine groups is 2. The van der Waals surface area contributed by atoms with Gasteiger partial charge in [0.25, 0.3) is 0 Å². The van der Waals surface area contributed by atoms with Crippen molar-refractivity contribution in [3.05, 3.63) is 0 Å². The molecule has 0 aromatic carbocycles. The first-order valence-corrected chi connectivity index (χ1v) is 3.50. The molecule has 6 heteroatoms. The van der Waals surface area contributed by atoms with Gasteiger partial charge in [0, 0.05) is 13.1 Å². The summed E-state index contributed by atoms with van der Waals surface area (Å²) in [5, 5.41) is 9.71. The van der Waals surface area contributed by atoms with Crippen molar-refractivity contribution in [1.29, 1.82) is 0 Å². The van der Waals surface area contributed by atoms with Gasteiger partial charge in [0.2, 0.25) is 0 Å². The van der Waals surface area contributed by atoms with Gasteiger partial charge in [0.05, 0.1) is 6.61 Å². The second-order valence-electron chi connectivity index (χ2n) is 1.96. The number of hydrogen-bond acceptors (Lipinski definition) is 4. The number of rotatable bonds is 6. The Labute approximate surface area is 94.1 Å². The number of carbonyl (C=O) groups is 1. The molecular weight excluding hydrogens is 171 g/mol. The molecule has 0 aliphatic rings. The number of nitrogens with two attached hydrogens (primary N) is 1. The molecule has 0 amide bonds. The van der Waals surface area contributed by atoms with Crippen molar-refractivity contribution in [3.8, 4) is 0 Å². The van der Waals surface area contributed by atoms with Crippen LogP contribution in [-0.2, 0) is 9.63 Å². The number of nitrogens with zero attached hydrogens (tertiary/aromatic N) is 1. The number of carboxylic acids is 1. The first kappa shape index (κ1) is 14.9. The fourth-order valence-electron chi connectivity index (χ4n) is 0.667. The maximum absolute atomic E-state index is 10.2. The molecular formula is C6H15N2NaO3. The molecule has 0 radical (unpaired) electrons. The molecule has 0 atom stereocenters. The molecule has 0 bridgehead atoms. The Hall–Kier alpha value is 0.350. The molecule has 0 aromatic heterocycles. The molecule has 5 nitrogen and oxygen atoms in total. The van der Waals surface area contributed by atoms with E-state index >= 15 is 0 Å². The van der Waals surface area contributed by atoms with Gasteiger partial charge < -0.3 is 10.8 Å². The molecule has 0 aliphatic carbocycles. The fraction of sp³-hybridized carbons (Fsp3) is 0.833. The van der Waals surface area contributed by atoms with Gasteiger partial charge in [-0.25, -0.2) is 0 Å². The predicted octanol–water partition coefficient (Wildman–Crippen LogP) is -1.37. The second kappa shape index (κ2) is 9.44. The van der Waals surface area contributed by atoms with Crippen molar-refractivity contribution in [3.63, 3.8) is 0 Å². The maximum atomic E-state index is 10.2. The summed E-state index contributed by atoms with van der Waals surface area (Å²) >= 11 is 0. The van der Waals surface area contributed by atoms with E-state index in [1.807, 2.05) is 0 Å². The first-order valence-electron chi connectivity index (χ1n) is 3.50. The standard InChI is InChI=1S/C6H14N2O3.Na.H/c1-2-11-8(4-3-7)5-6(9)10;;/h2-5,7H2,1H3,(H,9,10);;. The molecule has 0 saturated carbocycles. The molecule has 68 valence electrons. The van der Waals surface area contributed by atoms with Crippen LogP contribution in [0.3, 0.4) is 0 Å². The van der Waals surface area contributed by atoms with Gasteiger partial charge in [-0.3, -0.25) is 9.63 Å². The molecule has 12 heavy (non-hydrogen) atoms. The Bertz CT molecular complexity index is 117. The van der Waals surface area contributed by atoms with E-state index in [2.05, 4.69) is 0 Å². The van der Waals surface area contributed by atoms with Crippen LogP contribution in [0.25, 0.3) is 0 Å². The first-order chi connectivity index (χ1) is 5.20. The van der Waals surface area contributed by atoms with Gasteiger partial charge in [-0.1, -0.05) is 0 Å². The average molecular weight is 186 g/mol. The van der Waals surface area contributed by atoms with E-state index in [1.165, 1.54) is 5.06 Å². The van der Waals surface area contributed by atoms with Crippen LogP contribution in [0.15, 0.2) is 0 Å². The van der Waals surface area contributed by atoms with Crippen molar-refractivity contribution in [2.45, 2.75) is 6.92 Å². The monoisotopic (exact) mass is 186 g/mol. The van der Waals surface area contributed by atoms with E-state index in [-0.39, 0.29) is 36.1 Å². The number of hydrogen-bond donors (Lipinski definition) is 2. The summed E-state index contributed by atoms with van der Waals surface area (Å²) in [4.78, 5) is 15.2. The van der Waals surface area contributed by atoms with Crippen molar-refractivity contribution in [2.24, 2.45) is 5.73 Å². The van der Waals surface area contributed by atoms with Gasteiger partial charge in [-0.15, -0.1) is 0 Å². The normalized spacial score (nSPS) is 9.58. The quantitative estimate of drug-likeness (QED) is 0.395. The van der Waals surface area contributed by atoms with Gasteiger partial charge in [0.15, 0.2) is 0 Å². The zero-order valence-electron chi connectivity index (χ0n) is 6.62. The van der Waals surface area contributed by atoms with E-state index in [9.17, 15) is 4.79 Å². The third-order valence-corrected chi connectivity index (χ3v) is 1.00. The number of carboxylic acid groups (broad SMARTS) is 1. The molecule has 0 aliphatic heterocycles. The summed E-state index contributed by atoms with van der Waals surface area (Å²) in [5.41, 5.74) is 5.22. The molecule has 0 unspecified atom stereocenters. The SMILES string of the molecule is CCON(CCN)CC(=O)O.[NaH]. The molecule has 0 saturated heterocycles. The topological polar surface area (TPSA) is 75.8 Å². The zero-order chi connectivity index (χ0) is 8.69. The summed E-state index contributed by atoms with van der Waals surface area (Å²) in [6, 6.07) is 0. The Morgan fingerprint density at radius 2 is 2.25 bits per heavy atom. The Balaban J connectivity index is 0. The van der Waals surface area contributed by atoms with Crippen LogP contribution >= 0.6 is 0 Å². The molecule has 0 aromatic rings. The third kappa shape index (κ3) is 8.45. The van der Waals surface area contributed by atoms with Crippen LogP contribution in [0.5, 0.6) is 0 Å². The third-order valence-electron chi connectivity index (χ3n) is 1.00. The number of aliphatic carboxylic acids is 1. The van der Waals surface area contributed by atoms with Crippen molar-refractivity contribution in [1.82, 2.24) is 5.06 Å². The van der Waals surface area contributed by atoms with Crippen LogP contribution in [-0.4, -0.2) is 71.9 Å². The average Bonchev–Trinajstić information content (AvgIpc) is 1.87.